The van der Waals surface area contributed by atoms with Crippen LogP contribution in [0.4, 0.5) is 0 Å². The van der Waals surface area contributed by atoms with Crippen LogP contribution >= 0.6 is 0 Å². The van der Waals surface area contributed by atoms with E-state index in [1.165, 1.54) is 60.3 Å². The molecule has 3 aromatic heterocycles. The van der Waals surface area contributed by atoms with Gasteiger partial charge in [-0.25, -0.2) is 4.98 Å². The molecular weight excluding hydrogens is 486 g/mol. The molecule has 186 valence electrons. The normalized spacial score (nSPS) is 12.0. The number of fused-ring (bicyclic) bond motifs is 11. The van der Waals surface area contributed by atoms with E-state index in [9.17, 15) is 0 Å². The van der Waals surface area contributed by atoms with E-state index in [0.717, 1.165) is 16.7 Å². The second-order valence-corrected chi connectivity index (χ2v) is 10.5. The maximum Gasteiger partial charge on any atom is 0.146 e. The van der Waals surface area contributed by atoms with Crippen molar-refractivity contribution in [1.29, 1.82) is 0 Å². The fraction of sp³-hybridized carbons (Fsp3) is 0. The third kappa shape index (κ3) is 2.92. The summed E-state index contributed by atoms with van der Waals surface area (Å²) in [6, 6.07) is 50.1. The Kier molecular flexibility index (Phi) is 4.33. The molecule has 0 spiro atoms. The quantitative estimate of drug-likeness (QED) is 0.213. The van der Waals surface area contributed by atoms with Gasteiger partial charge in [0.05, 0.1) is 27.6 Å². The van der Waals surface area contributed by atoms with E-state index in [2.05, 4.69) is 148 Å². The first kappa shape index (κ1) is 21.5. The van der Waals surface area contributed by atoms with Crippen LogP contribution in [0.15, 0.2) is 140 Å². The lowest BCUT2D eigenvalue weighted by atomic mass is 9.99. The Morgan fingerprint density at radius 1 is 0.400 bits per heavy atom. The van der Waals surface area contributed by atoms with Crippen LogP contribution in [0.2, 0.25) is 0 Å². The average Bonchev–Trinajstić information content (AvgIpc) is 3.58. The van der Waals surface area contributed by atoms with Crippen molar-refractivity contribution in [2.75, 3.05) is 0 Å². The predicted octanol–water partition coefficient (Wildman–Crippen LogP) is 9.56. The molecule has 0 amide bonds. The highest BCUT2D eigenvalue weighted by Gasteiger charge is 2.15. The van der Waals surface area contributed by atoms with Gasteiger partial charge < -0.3 is 4.57 Å². The summed E-state index contributed by atoms with van der Waals surface area (Å²) in [6.07, 6.45) is 0. The molecule has 0 saturated heterocycles. The molecule has 0 saturated carbocycles. The fourth-order valence-corrected chi connectivity index (χ4v) is 6.49. The van der Waals surface area contributed by atoms with Crippen LogP contribution in [0.25, 0.3) is 77.0 Å². The summed E-state index contributed by atoms with van der Waals surface area (Å²) in [4.78, 5) is 5.01. The Morgan fingerprint density at radius 3 is 1.70 bits per heavy atom. The van der Waals surface area contributed by atoms with Crippen molar-refractivity contribution in [2.24, 2.45) is 0 Å². The first-order valence-electron chi connectivity index (χ1n) is 13.7. The topological polar surface area (TPSA) is 22.2 Å². The molecule has 0 aliphatic carbocycles. The minimum atomic E-state index is 1.01. The van der Waals surface area contributed by atoms with Gasteiger partial charge >= 0.3 is 0 Å². The first-order valence-corrected chi connectivity index (χ1v) is 13.7. The molecule has 0 bridgehead atoms. The molecular formula is C37H23N3. The fourth-order valence-electron chi connectivity index (χ4n) is 6.49. The van der Waals surface area contributed by atoms with Crippen molar-refractivity contribution in [3.05, 3.63) is 140 Å². The van der Waals surface area contributed by atoms with Crippen molar-refractivity contribution in [1.82, 2.24) is 14.0 Å². The lowest BCUT2D eigenvalue weighted by Crippen LogP contribution is -1.94. The van der Waals surface area contributed by atoms with Crippen LogP contribution in [0.3, 0.4) is 0 Å². The maximum atomic E-state index is 5.01. The van der Waals surface area contributed by atoms with Crippen LogP contribution in [0, 0.1) is 0 Å². The molecule has 0 atom stereocenters. The Bertz CT molecular complexity index is 2370. The molecule has 3 heteroatoms. The number of para-hydroxylation sites is 4. The highest BCUT2D eigenvalue weighted by molar-refractivity contribution is 6.14. The van der Waals surface area contributed by atoms with Crippen molar-refractivity contribution in [3.8, 4) is 16.8 Å². The van der Waals surface area contributed by atoms with Gasteiger partial charge in [-0.1, -0.05) is 91.0 Å². The summed E-state index contributed by atoms with van der Waals surface area (Å²) in [5, 5.41) is 6.19. The van der Waals surface area contributed by atoms with Crippen LogP contribution in [0.5, 0.6) is 0 Å². The van der Waals surface area contributed by atoms with E-state index in [0.29, 0.717) is 0 Å². The zero-order chi connectivity index (χ0) is 26.2. The minimum Gasteiger partial charge on any atom is -0.309 e. The highest BCUT2D eigenvalue weighted by Crippen LogP contribution is 2.36. The van der Waals surface area contributed by atoms with Crippen molar-refractivity contribution in [2.45, 2.75) is 0 Å². The van der Waals surface area contributed by atoms with Gasteiger partial charge in [0.1, 0.15) is 5.65 Å². The number of nitrogens with zero attached hydrogens (tertiary/aromatic N) is 3. The van der Waals surface area contributed by atoms with Crippen molar-refractivity contribution < 1.29 is 0 Å². The standard InChI is InChI=1S/C37H23N3/c1-2-12-30-27(9-1)31-23-25(19-22-35(31)40-36-16-8-5-13-32(36)38-37(30)40)24-17-20-26(21-18-24)39-33-14-6-3-10-28(33)29-11-4-7-15-34(29)39/h1-23H. The molecule has 0 radical (unpaired) electrons. The smallest absolute Gasteiger partial charge is 0.146 e. The van der Waals surface area contributed by atoms with E-state index >= 15 is 0 Å². The average molecular weight is 510 g/mol. The summed E-state index contributed by atoms with van der Waals surface area (Å²) in [7, 11) is 0. The first-order chi connectivity index (χ1) is 19.8. The summed E-state index contributed by atoms with van der Waals surface area (Å²) >= 11 is 0. The molecule has 40 heavy (non-hydrogen) atoms. The van der Waals surface area contributed by atoms with Gasteiger partial charge in [0, 0.05) is 27.2 Å². The van der Waals surface area contributed by atoms with Crippen LogP contribution < -0.4 is 0 Å². The van der Waals surface area contributed by atoms with Gasteiger partial charge in [0.25, 0.3) is 0 Å². The number of hydrogen-bond acceptors (Lipinski definition) is 1. The third-order valence-corrected chi connectivity index (χ3v) is 8.30. The third-order valence-electron chi connectivity index (χ3n) is 8.30. The Hall–Kier alpha value is -5.41. The van der Waals surface area contributed by atoms with E-state index in [1.54, 1.807) is 0 Å². The van der Waals surface area contributed by atoms with Crippen LogP contribution in [0.1, 0.15) is 0 Å². The monoisotopic (exact) mass is 509 g/mol. The van der Waals surface area contributed by atoms with Gasteiger partial charge in [-0.3, -0.25) is 4.40 Å². The largest absolute Gasteiger partial charge is 0.309 e. The minimum absolute atomic E-state index is 1.01. The molecule has 3 nitrogen and oxygen atoms in total. The van der Waals surface area contributed by atoms with Gasteiger partial charge in [0.15, 0.2) is 0 Å². The molecule has 0 fully saturated rings. The summed E-state index contributed by atoms with van der Waals surface area (Å²) in [5.74, 6) is 0. The van der Waals surface area contributed by atoms with Gasteiger partial charge in [-0.2, -0.15) is 0 Å². The summed E-state index contributed by atoms with van der Waals surface area (Å²) < 4.78 is 4.67. The molecule has 9 aromatic rings. The van der Waals surface area contributed by atoms with Gasteiger partial charge in [0.2, 0.25) is 0 Å². The Balaban J connectivity index is 1.25. The number of hydrogen-bond donors (Lipinski definition) is 0. The predicted molar refractivity (Wildman–Crippen MR) is 167 cm³/mol. The number of aromatic nitrogens is 3. The molecule has 3 heterocycles. The molecule has 0 aliphatic heterocycles. The zero-order valence-corrected chi connectivity index (χ0v) is 21.6. The van der Waals surface area contributed by atoms with Gasteiger partial charge in [-0.05, 0) is 65.0 Å². The lowest BCUT2D eigenvalue weighted by Gasteiger charge is -2.12. The number of benzene rings is 6. The summed E-state index contributed by atoms with van der Waals surface area (Å²) in [6.45, 7) is 0. The van der Waals surface area contributed by atoms with Gasteiger partial charge in [-0.15, -0.1) is 0 Å². The van der Waals surface area contributed by atoms with Crippen LogP contribution in [-0.4, -0.2) is 14.0 Å². The van der Waals surface area contributed by atoms with Crippen molar-refractivity contribution in [3.63, 3.8) is 0 Å². The second kappa shape index (κ2) is 8.05. The Morgan fingerprint density at radius 2 is 0.975 bits per heavy atom. The SMILES string of the molecule is c1ccc2c(c1)nc1c3ccccc3c3cc(-c4ccc(-n5c6ccccc6c6ccccc65)cc4)ccc3n21. The maximum absolute atomic E-state index is 5.01. The number of imidazole rings is 1. The van der Waals surface area contributed by atoms with E-state index in [-0.39, 0.29) is 0 Å². The molecule has 0 aliphatic rings. The van der Waals surface area contributed by atoms with E-state index < -0.39 is 0 Å². The molecule has 0 unspecified atom stereocenters. The lowest BCUT2D eigenvalue weighted by molar-refractivity contribution is 1.18. The van der Waals surface area contributed by atoms with E-state index in [4.69, 9.17) is 4.98 Å². The highest BCUT2D eigenvalue weighted by atomic mass is 15.0. The van der Waals surface area contributed by atoms with Crippen LogP contribution in [-0.2, 0) is 0 Å². The number of rotatable bonds is 2. The van der Waals surface area contributed by atoms with E-state index in [1.807, 2.05) is 0 Å². The second-order valence-electron chi connectivity index (χ2n) is 10.5. The number of pyridine rings is 1. The molecule has 0 N–H and O–H groups in total. The Labute approximate surface area is 230 Å². The molecule has 9 rings (SSSR count). The molecule has 6 aromatic carbocycles. The zero-order valence-electron chi connectivity index (χ0n) is 21.6. The van der Waals surface area contributed by atoms with Crippen molar-refractivity contribution >= 4 is 60.2 Å². The summed E-state index contributed by atoms with van der Waals surface area (Å²) in [5.41, 5.74) is 10.4.